The van der Waals surface area contributed by atoms with Crippen molar-refractivity contribution in [3.8, 4) is 17.1 Å². The minimum Gasteiger partial charge on any atom is -0.212 e. The number of hydrogen-bond donors (Lipinski definition) is 0. The van der Waals surface area contributed by atoms with E-state index in [1.54, 1.807) is 0 Å². The van der Waals surface area contributed by atoms with Crippen LogP contribution in [-0.2, 0) is 0 Å². The fourth-order valence-electron chi connectivity index (χ4n) is 3.10. The van der Waals surface area contributed by atoms with Gasteiger partial charge in [0.1, 0.15) is 5.82 Å². The molecular weight excluding hydrogens is 294 g/mol. The van der Waals surface area contributed by atoms with Gasteiger partial charge in [-0.05, 0) is 29.9 Å². The molecular formula is C21H25N3. The number of aryl methyl sites for hydroxylation is 1. The smallest absolute Gasteiger partial charge is 0.163 e. The molecule has 0 N–H and O–H groups in total. The number of rotatable bonds is 4. The lowest BCUT2D eigenvalue weighted by Gasteiger charge is -2.20. The topological polar surface area (TPSA) is 30.7 Å². The molecule has 3 aromatic rings. The highest BCUT2D eigenvalue weighted by molar-refractivity contribution is 5.61. The van der Waals surface area contributed by atoms with Crippen molar-refractivity contribution in [2.24, 2.45) is 0 Å². The summed E-state index contributed by atoms with van der Waals surface area (Å²) in [7, 11) is 0. The van der Waals surface area contributed by atoms with Gasteiger partial charge in [0, 0.05) is 5.56 Å². The molecule has 0 bridgehead atoms. The summed E-state index contributed by atoms with van der Waals surface area (Å²) in [6.45, 7) is 10.9. The van der Waals surface area contributed by atoms with E-state index in [1.807, 2.05) is 29.8 Å². The Kier molecular flexibility index (Phi) is 4.52. The monoisotopic (exact) mass is 319 g/mol. The molecule has 0 radical (unpaired) electrons. The van der Waals surface area contributed by atoms with Crippen molar-refractivity contribution in [3.05, 3.63) is 65.5 Å². The lowest BCUT2D eigenvalue weighted by atomic mass is 9.92. The Morgan fingerprint density at radius 2 is 1.38 bits per heavy atom. The van der Waals surface area contributed by atoms with Crippen LogP contribution in [0.2, 0.25) is 0 Å². The molecule has 3 heteroatoms. The first-order valence-electron chi connectivity index (χ1n) is 8.61. The molecule has 0 saturated carbocycles. The van der Waals surface area contributed by atoms with E-state index in [0.29, 0.717) is 11.8 Å². The first-order valence-corrected chi connectivity index (χ1v) is 8.61. The minimum absolute atomic E-state index is 0.423. The van der Waals surface area contributed by atoms with Gasteiger partial charge in [-0.15, -0.1) is 0 Å². The molecule has 24 heavy (non-hydrogen) atoms. The minimum atomic E-state index is 0.423. The first kappa shape index (κ1) is 16.4. The van der Waals surface area contributed by atoms with E-state index < -0.39 is 0 Å². The van der Waals surface area contributed by atoms with Crippen LogP contribution < -0.4 is 0 Å². The van der Waals surface area contributed by atoms with Gasteiger partial charge in [-0.25, -0.2) is 9.67 Å². The predicted molar refractivity (Wildman–Crippen MR) is 99.7 cm³/mol. The van der Waals surface area contributed by atoms with Crippen molar-refractivity contribution >= 4 is 0 Å². The fraction of sp³-hybridized carbons (Fsp3) is 0.333. The van der Waals surface area contributed by atoms with E-state index in [9.17, 15) is 0 Å². The average molecular weight is 319 g/mol. The van der Waals surface area contributed by atoms with Gasteiger partial charge >= 0.3 is 0 Å². The second-order valence-electron chi connectivity index (χ2n) is 6.85. The maximum Gasteiger partial charge on any atom is 0.163 e. The molecule has 124 valence electrons. The lowest BCUT2D eigenvalue weighted by molar-refractivity contribution is 0.769. The molecule has 3 nitrogen and oxygen atoms in total. The van der Waals surface area contributed by atoms with E-state index >= 15 is 0 Å². The van der Waals surface area contributed by atoms with Crippen molar-refractivity contribution in [1.82, 2.24) is 14.8 Å². The molecule has 0 fully saturated rings. The second-order valence-corrected chi connectivity index (χ2v) is 6.85. The molecule has 0 aliphatic heterocycles. The molecule has 0 saturated heterocycles. The third-order valence-electron chi connectivity index (χ3n) is 4.30. The highest BCUT2D eigenvalue weighted by Crippen LogP contribution is 2.33. The third-order valence-corrected chi connectivity index (χ3v) is 4.30. The van der Waals surface area contributed by atoms with Gasteiger partial charge in [0.15, 0.2) is 5.82 Å². The SMILES string of the molecule is Cc1nc(-c2ccccc2)n(-c2c(C(C)C)cccc2C(C)C)n1. The summed E-state index contributed by atoms with van der Waals surface area (Å²) in [5.74, 6) is 2.55. The number of benzene rings is 2. The van der Waals surface area contributed by atoms with E-state index in [0.717, 1.165) is 17.2 Å². The van der Waals surface area contributed by atoms with Crippen LogP contribution in [0.3, 0.4) is 0 Å². The van der Waals surface area contributed by atoms with E-state index in [1.165, 1.54) is 16.8 Å². The highest BCUT2D eigenvalue weighted by atomic mass is 15.4. The van der Waals surface area contributed by atoms with Crippen LogP contribution in [0.25, 0.3) is 17.1 Å². The van der Waals surface area contributed by atoms with Gasteiger partial charge in [0.2, 0.25) is 0 Å². The number of nitrogens with zero attached hydrogens (tertiary/aromatic N) is 3. The Morgan fingerprint density at radius 1 is 0.792 bits per heavy atom. The van der Waals surface area contributed by atoms with Crippen LogP contribution in [0.15, 0.2) is 48.5 Å². The molecule has 0 unspecified atom stereocenters. The molecule has 0 atom stereocenters. The molecule has 0 spiro atoms. The van der Waals surface area contributed by atoms with Crippen molar-refractivity contribution in [1.29, 1.82) is 0 Å². The quantitative estimate of drug-likeness (QED) is 0.636. The summed E-state index contributed by atoms with van der Waals surface area (Å²) in [6, 6.07) is 16.9. The number of para-hydroxylation sites is 1. The maximum absolute atomic E-state index is 4.75. The Balaban J connectivity index is 2.31. The van der Waals surface area contributed by atoms with Crippen LogP contribution in [0, 0.1) is 6.92 Å². The summed E-state index contributed by atoms with van der Waals surface area (Å²) < 4.78 is 2.04. The zero-order chi connectivity index (χ0) is 17.3. The fourth-order valence-corrected chi connectivity index (χ4v) is 3.10. The Hall–Kier alpha value is -2.42. The van der Waals surface area contributed by atoms with E-state index in [-0.39, 0.29) is 0 Å². The van der Waals surface area contributed by atoms with Gasteiger partial charge in [-0.1, -0.05) is 76.2 Å². The van der Waals surface area contributed by atoms with Crippen LogP contribution in [-0.4, -0.2) is 14.8 Å². The van der Waals surface area contributed by atoms with Crippen molar-refractivity contribution in [2.75, 3.05) is 0 Å². The van der Waals surface area contributed by atoms with E-state index in [2.05, 4.69) is 58.0 Å². The summed E-state index contributed by atoms with van der Waals surface area (Å²) >= 11 is 0. The van der Waals surface area contributed by atoms with Gasteiger partial charge in [-0.3, -0.25) is 0 Å². The van der Waals surface area contributed by atoms with E-state index in [4.69, 9.17) is 10.1 Å². The first-order chi connectivity index (χ1) is 11.5. The summed E-state index contributed by atoms with van der Waals surface area (Å²) in [5.41, 5.74) is 4.89. The predicted octanol–water partition coefficient (Wildman–Crippen LogP) is 5.49. The summed E-state index contributed by atoms with van der Waals surface area (Å²) in [6.07, 6.45) is 0. The molecule has 0 aliphatic carbocycles. The van der Waals surface area contributed by atoms with Crippen molar-refractivity contribution in [2.45, 2.75) is 46.5 Å². The molecule has 1 aromatic heterocycles. The normalized spacial score (nSPS) is 11.5. The maximum atomic E-state index is 4.75. The summed E-state index contributed by atoms with van der Waals surface area (Å²) in [4.78, 5) is 4.71. The van der Waals surface area contributed by atoms with Crippen LogP contribution >= 0.6 is 0 Å². The molecule has 0 aliphatic rings. The average Bonchev–Trinajstić information content (AvgIpc) is 2.96. The molecule has 1 heterocycles. The zero-order valence-corrected chi connectivity index (χ0v) is 15.1. The summed E-state index contributed by atoms with van der Waals surface area (Å²) in [5, 5.41) is 4.75. The second kappa shape index (κ2) is 6.60. The number of aromatic nitrogens is 3. The van der Waals surface area contributed by atoms with Crippen LogP contribution in [0.5, 0.6) is 0 Å². The van der Waals surface area contributed by atoms with Crippen LogP contribution in [0.4, 0.5) is 0 Å². The van der Waals surface area contributed by atoms with Gasteiger partial charge in [0.25, 0.3) is 0 Å². The highest BCUT2D eigenvalue weighted by Gasteiger charge is 2.20. The van der Waals surface area contributed by atoms with Gasteiger partial charge in [0.05, 0.1) is 5.69 Å². The van der Waals surface area contributed by atoms with Crippen LogP contribution in [0.1, 0.15) is 56.5 Å². The van der Waals surface area contributed by atoms with Crippen molar-refractivity contribution < 1.29 is 0 Å². The molecule has 2 aromatic carbocycles. The van der Waals surface area contributed by atoms with Crippen molar-refractivity contribution in [3.63, 3.8) is 0 Å². The standard InChI is InChI=1S/C21H25N3/c1-14(2)18-12-9-13-19(15(3)4)20(18)24-21(22-16(5)23-24)17-10-7-6-8-11-17/h6-15H,1-5H3. The zero-order valence-electron chi connectivity index (χ0n) is 15.1. The Labute approximate surface area is 144 Å². The Bertz CT molecular complexity index is 803. The molecule has 0 amide bonds. The number of hydrogen-bond acceptors (Lipinski definition) is 2. The Morgan fingerprint density at radius 3 is 1.92 bits per heavy atom. The third kappa shape index (κ3) is 2.99. The largest absolute Gasteiger partial charge is 0.212 e. The van der Waals surface area contributed by atoms with Gasteiger partial charge in [-0.2, -0.15) is 5.10 Å². The molecule has 3 rings (SSSR count). The van der Waals surface area contributed by atoms with Gasteiger partial charge < -0.3 is 0 Å². The lowest BCUT2D eigenvalue weighted by Crippen LogP contribution is -2.09.